The lowest BCUT2D eigenvalue weighted by Gasteiger charge is -2.29. The number of nitrogens with one attached hydrogen (secondary N) is 1. The third-order valence-electron chi connectivity index (χ3n) is 4.45. The zero-order chi connectivity index (χ0) is 12.3. The van der Waals surface area contributed by atoms with Gasteiger partial charge in [0.2, 0.25) is 0 Å². The summed E-state index contributed by atoms with van der Waals surface area (Å²) in [4.78, 5) is 2.56. The van der Waals surface area contributed by atoms with E-state index in [9.17, 15) is 5.11 Å². The van der Waals surface area contributed by atoms with E-state index in [4.69, 9.17) is 0 Å². The number of aliphatic hydroxyl groups is 1. The largest absolute Gasteiger partial charge is 0.392 e. The Morgan fingerprint density at radius 1 is 1.24 bits per heavy atom. The number of rotatable bonds is 4. The fourth-order valence-corrected chi connectivity index (χ4v) is 3.17. The minimum atomic E-state index is -0.105. The number of hydrogen-bond acceptors (Lipinski definition) is 3. The Morgan fingerprint density at radius 3 is 2.65 bits per heavy atom. The summed E-state index contributed by atoms with van der Waals surface area (Å²) in [7, 11) is 0. The highest BCUT2D eigenvalue weighted by atomic mass is 16.3. The minimum Gasteiger partial charge on any atom is -0.392 e. The van der Waals surface area contributed by atoms with Crippen LogP contribution in [0.4, 0.5) is 0 Å². The van der Waals surface area contributed by atoms with Crippen LogP contribution in [0.3, 0.4) is 0 Å². The van der Waals surface area contributed by atoms with E-state index in [-0.39, 0.29) is 6.10 Å². The highest BCUT2D eigenvalue weighted by Gasteiger charge is 2.27. The third kappa shape index (κ3) is 3.67. The molecular formula is C14H28N2O. The van der Waals surface area contributed by atoms with E-state index in [1.807, 2.05) is 0 Å². The van der Waals surface area contributed by atoms with Crippen molar-refractivity contribution in [2.45, 2.75) is 64.1 Å². The molecule has 3 nitrogen and oxygen atoms in total. The first-order valence-electron chi connectivity index (χ1n) is 7.32. The summed E-state index contributed by atoms with van der Waals surface area (Å²) in [6.07, 6.45) is 5.82. The van der Waals surface area contributed by atoms with Crippen LogP contribution in [-0.4, -0.2) is 47.8 Å². The second kappa shape index (κ2) is 6.17. The quantitative estimate of drug-likeness (QED) is 0.783. The molecule has 0 aromatic heterocycles. The van der Waals surface area contributed by atoms with Crippen molar-refractivity contribution in [1.82, 2.24) is 10.2 Å². The molecule has 17 heavy (non-hydrogen) atoms. The maximum atomic E-state index is 9.91. The van der Waals surface area contributed by atoms with Crippen LogP contribution >= 0.6 is 0 Å². The van der Waals surface area contributed by atoms with Gasteiger partial charge in [-0.25, -0.2) is 0 Å². The van der Waals surface area contributed by atoms with Gasteiger partial charge in [-0.15, -0.1) is 0 Å². The summed E-state index contributed by atoms with van der Waals surface area (Å²) in [5.41, 5.74) is 0. The summed E-state index contributed by atoms with van der Waals surface area (Å²) in [5, 5.41) is 13.5. The number of hydrogen-bond donors (Lipinski definition) is 2. The van der Waals surface area contributed by atoms with Crippen molar-refractivity contribution in [1.29, 1.82) is 0 Å². The Hall–Kier alpha value is -0.120. The van der Waals surface area contributed by atoms with Gasteiger partial charge in [-0.2, -0.15) is 0 Å². The van der Waals surface area contributed by atoms with Crippen molar-refractivity contribution in [3.63, 3.8) is 0 Å². The van der Waals surface area contributed by atoms with Crippen molar-refractivity contribution < 1.29 is 5.11 Å². The second-order valence-corrected chi connectivity index (χ2v) is 6.11. The van der Waals surface area contributed by atoms with E-state index >= 15 is 0 Å². The van der Waals surface area contributed by atoms with Gasteiger partial charge in [0.15, 0.2) is 0 Å². The molecule has 1 aliphatic carbocycles. The highest BCUT2D eigenvalue weighted by Crippen LogP contribution is 2.21. The van der Waals surface area contributed by atoms with E-state index in [0.29, 0.717) is 12.1 Å². The third-order valence-corrected chi connectivity index (χ3v) is 4.45. The van der Waals surface area contributed by atoms with Crippen molar-refractivity contribution in [2.24, 2.45) is 5.92 Å². The molecule has 2 N–H and O–H groups in total. The van der Waals surface area contributed by atoms with Crippen LogP contribution in [0, 0.1) is 5.92 Å². The molecule has 1 heterocycles. The molecule has 0 aromatic carbocycles. The van der Waals surface area contributed by atoms with Crippen LogP contribution in [0.25, 0.3) is 0 Å². The molecule has 100 valence electrons. The lowest BCUT2D eigenvalue weighted by atomic mass is 9.92. The van der Waals surface area contributed by atoms with Gasteiger partial charge < -0.3 is 15.3 Å². The maximum Gasteiger partial charge on any atom is 0.0693 e. The van der Waals surface area contributed by atoms with E-state index in [2.05, 4.69) is 24.1 Å². The molecule has 3 heteroatoms. The molecule has 0 spiro atoms. The molecule has 1 saturated carbocycles. The minimum absolute atomic E-state index is 0.105. The zero-order valence-corrected chi connectivity index (χ0v) is 11.4. The fraction of sp³-hybridized carbons (Fsp3) is 1.00. The SMILES string of the molecule is CC(C)N1CCC(CN[C@H]2CCCC[C@@H]2O)C1. The summed E-state index contributed by atoms with van der Waals surface area (Å²) in [6, 6.07) is 1.04. The first-order valence-corrected chi connectivity index (χ1v) is 7.32. The van der Waals surface area contributed by atoms with Crippen LogP contribution < -0.4 is 5.32 Å². The molecule has 1 saturated heterocycles. The molecule has 2 fully saturated rings. The van der Waals surface area contributed by atoms with Crippen molar-refractivity contribution in [3.8, 4) is 0 Å². The summed E-state index contributed by atoms with van der Waals surface area (Å²) >= 11 is 0. The lowest BCUT2D eigenvalue weighted by molar-refractivity contribution is 0.0888. The Kier molecular flexibility index (Phi) is 4.83. The summed E-state index contributed by atoms with van der Waals surface area (Å²) in [6.45, 7) is 8.12. The van der Waals surface area contributed by atoms with Gasteiger partial charge in [-0.05, 0) is 52.1 Å². The summed E-state index contributed by atoms with van der Waals surface area (Å²) in [5.74, 6) is 0.784. The standard InChI is InChI=1S/C14H28N2O/c1-11(2)16-8-7-12(10-16)9-15-13-5-3-4-6-14(13)17/h11-15,17H,3-10H2,1-2H3/t12?,13-,14-/m0/s1. The topological polar surface area (TPSA) is 35.5 Å². The maximum absolute atomic E-state index is 9.91. The van der Waals surface area contributed by atoms with Crippen molar-refractivity contribution >= 4 is 0 Å². The van der Waals surface area contributed by atoms with Crippen molar-refractivity contribution in [3.05, 3.63) is 0 Å². The van der Waals surface area contributed by atoms with Gasteiger partial charge in [0.25, 0.3) is 0 Å². The number of nitrogens with zero attached hydrogens (tertiary/aromatic N) is 1. The molecule has 1 aliphatic heterocycles. The van der Waals surface area contributed by atoms with Gasteiger partial charge in [0.1, 0.15) is 0 Å². The molecule has 2 aliphatic rings. The zero-order valence-electron chi connectivity index (χ0n) is 11.4. The monoisotopic (exact) mass is 240 g/mol. The van der Waals surface area contributed by atoms with Crippen LogP contribution in [0.1, 0.15) is 46.0 Å². The average molecular weight is 240 g/mol. The predicted molar refractivity (Wildman–Crippen MR) is 71.1 cm³/mol. The number of likely N-dealkylation sites (tertiary alicyclic amines) is 1. The Balaban J connectivity index is 1.68. The van der Waals surface area contributed by atoms with Gasteiger partial charge in [0, 0.05) is 18.6 Å². The Morgan fingerprint density at radius 2 is 2.00 bits per heavy atom. The molecular weight excluding hydrogens is 212 g/mol. The second-order valence-electron chi connectivity index (χ2n) is 6.11. The van der Waals surface area contributed by atoms with Crippen molar-refractivity contribution in [2.75, 3.05) is 19.6 Å². The van der Waals surface area contributed by atoms with Crippen LogP contribution in [0.5, 0.6) is 0 Å². The van der Waals surface area contributed by atoms with Crippen LogP contribution in [0.2, 0.25) is 0 Å². The smallest absolute Gasteiger partial charge is 0.0693 e. The first kappa shape index (κ1) is 13.3. The van der Waals surface area contributed by atoms with Gasteiger partial charge in [-0.3, -0.25) is 0 Å². The molecule has 0 amide bonds. The molecule has 0 radical (unpaired) electrons. The predicted octanol–water partition coefficient (Wildman–Crippen LogP) is 1.61. The molecule has 0 bridgehead atoms. The van der Waals surface area contributed by atoms with E-state index in [0.717, 1.165) is 25.3 Å². The normalized spacial score (nSPS) is 35.6. The molecule has 2 rings (SSSR count). The van der Waals surface area contributed by atoms with Gasteiger partial charge in [-0.1, -0.05) is 12.8 Å². The van der Waals surface area contributed by atoms with E-state index < -0.39 is 0 Å². The average Bonchev–Trinajstić information content (AvgIpc) is 2.77. The Labute approximate surface area is 106 Å². The molecule has 3 atom stereocenters. The first-order chi connectivity index (χ1) is 8.16. The highest BCUT2D eigenvalue weighted by molar-refractivity contribution is 4.84. The fourth-order valence-electron chi connectivity index (χ4n) is 3.17. The van der Waals surface area contributed by atoms with Gasteiger partial charge in [0.05, 0.1) is 6.10 Å². The van der Waals surface area contributed by atoms with E-state index in [1.54, 1.807) is 0 Å². The molecule has 0 aromatic rings. The Bertz CT molecular complexity index is 232. The summed E-state index contributed by atoms with van der Waals surface area (Å²) < 4.78 is 0. The van der Waals surface area contributed by atoms with Crippen LogP contribution in [-0.2, 0) is 0 Å². The molecule has 1 unspecified atom stereocenters. The van der Waals surface area contributed by atoms with Gasteiger partial charge >= 0.3 is 0 Å². The van der Waals surface area contributed by atoms with E-state index in [1.165, 1.54) is 32.4 Å². The lowest BCUT2D eigenvalue weighted by Crippen LogP contribution is -2.44. The number of aliphatic hydroxyl groups excluding tert-OH is 1. The van der Waals surface area contributed by atoms with Crippen LogP contribution in [0.15, 0.2) is 0 Å².